The zero-order valence-electron chi connectivity index (χ0n) is 13.3. The number of benzene rings is 2. The Morgan fingerprint density at radius 1 is 1.08 bits per heavy atom. The van der Waals surface area contributed by atoms with Crippen LogP contribution in [0.15, 0.2) is 53.6 Å². The smallest absolute Gasteiger partial charge is 0.240 e. The van der Waals surface area contributed by atoms with Gasteiger partial charge in [-0.1, -0.05) is 53.6 Å². The summed E-state index contributed by atoms with van der Waals surface area (Å²) in [5.74, 6) is -0.603. The third-order valence-corrected chi connectivity index (χ3v) is 3.50. The van der Waals surface area contributed by atoms with E-state index in [-0.39, 0.29) is 24.7 Å². The van der Waals surface area contributed by atoms with E-state index in [4.69, 9.17) is 11.6 Å². The second-order valence-electron chi connectivity index (χ2n) is 5.24. The highest BCUT2D eigenvalue weighted by Crippen LogP contribution is 2.20. The summed E-state index contributed by atoms with van der Waals surface area (Å²) in [7, 11) is 0. The van der Waals surface area contributed by atoms with Gasteiger partial charge in [0, 0.05) is 12.8 Å². The van der Waals surface area contributed by atoms with Crippen LogP contribution in [0.25, 0.3) is 0 Å². The van der Waals surface area contributed by atoms with Crippen molar-refractivity contribution in [3.05, 3.63) is 64.7 Å². The van der Waals surface area contributed by atoms with Crippen LogP contribution in [-0.2, 0) is 9.59 Å². The van der Waals surface area contributed by atoms with Crippen LogP contribution < -0.4 is 10.7 Å². The molecule has 0 saturated carbocycles. The maximum atomic E-state index is 11.8. The predicted molar refractivity (Wildman–Crippen MR) is 96.2 cm³/mol. The van der Waals surface area contributed by atoms with Gasteiger partial charge in [0.15, 0.2) is 0 Å². The maximum absolute atomic E-state index is 11.8. The average molecular weight is 344 g/mol. The molecule has 0 heterocycles. The van der Waals surface area contributed by atoms with Crippen LogP contribution in [0.4, 0.5) is 5.69 Å². The Labute approximate surface area is 145 Å². The lowest BCUT2D eigenvalue weighted by atomic mass is 10.2. The molecule has 0 atom stereocenters. The summed E-state index contributed by atoms with van der Waals surface area (Å²) >= 11 is 5.96. The summed E-state index contributed by atoms with van der Waals surface area (Å²) in [6.45, 7) is 1.98. The molecule has 0 radical (unpaired) electrons. The summed E-state index contributed by atoms with van der Waals surface area (Å²) in [6.07, 6.45) is 1.66. The number of rotatable bonds is 6. The first-order valence-electron chi connectivity index (χ1n) is 7.47. The predicted octanol–water partition coefficient (Wildman–Crippen LogP) is 3.52. The number of anilines is 1. The fourth-order valence-corrected chi connectivity index (χ4v) is 2.17. The molecule has 24 heavy (non-hydrogen) atoms. The summed E-state index contributed by atoms with van der Waals surface area (Å²) in [5, 5.41) is 7.00. The van der Waals surface area contributed by atoms with E-state index in [0.717, 1.165) is 11.1 Å². The van der Waals surface area contributed by atoms with E-state index in [1.165, 1.54) is 0 Å². The van der Waals surface area contributed by atoms with Crippen molar-refractivity contribution in [2.75, 3.05) is 5.32 Å². The summed E-state index contributed by atoms with van der Waals surface area (Å²) in [4.78, 5) is 23.5. The highest BCUT2D eigenvalue weighted by atomic mass is 35.5. The standard InChI is InChI=1S/C18H18ClN3O2/c1-13-5-4-6-14(11-13)12-20-22-18(24)10-9-17(23)21-16-8-3-2-7-15(16)19/h2-8,11-12H,9-10H2,1H3,(H,21,23)(H,22,24)/b20-12+. The summed E-state index contributed by atoms with van der Waals surface area (Å²) in [5.41, 5.74) is 4.94. The first-order valence-corrected chi connectivity index (χ1v) is 7.85. The van der Waals surface area contributed by atoms with Crippen LogP contribution in [0, 0.1) is 6.92 Å². The van der Waals surface area contributed by atoms with E-state index < -0.39 is 0 Å². The van der Waals surface area contributed by atoms with Crippen molar-refractivity contribution in [2.45, 2.75) is 19.8 Å². The first kappa shape index (κ1) is 17.7. The number of nitrogens with zero attached hydrogens (tertiary/aromatic N) is 1. The van der Waals surface area contributed by atoms with Crippen LogP contribution in [0.1, 0.15) is 24.0 Å². The Morgan fingerprint density at radius 2 is 1.83 bits per heavy atom. The van der Waals surface area contributed by atoms with Gasteiger partial charge in [-0.15, -0.1) is 0 Å². The largest absolute Gasteiger partial charge is 0.325 e. The van der Waals surface area contributed by atoms with Crippen LogP contribution in [0.2, 0.25) is 5.02 Å². The quantitative estimate of drug-likeness (QED) is 0.622. The molecule has 0 unspecified atom stereocenters. The number of hydrazone groups is 1. The molecule has 0 aliphatic heterocycles. The van der Waals surface area contributed by atoms with Gasteiger partial charge in [0.25, 0.3) is 0 Å². The number of aryl methyl sites for hydroxylation is 1. The molecule has 0 fully saturated rings. The van der Waals surface area contributed by atoms with Crippen LogP contribution >= 0.6 is 11.6 Å². The molecule has 5 nitrogen and oxygen atoms in total. The summed E-state index contributed by atoms with van der Waals surface area (Å²) in [6, 6.07) is 14.7. The number of carbonyl (C=O) groups is 2. The molecule has 0 bridgehead atoms. The molecular weight excluding hydrogens is 326 g/mol. The zero-order chi connectivity index (χ0) is 17.4. The van der Waals surface area contributed by atoms with Crippen LogP contribution in [0.5, 0.6) is 0 Å². The Bertz CT molecular complexity index is 759. The molecule has 2 N–H and O–H groups in total. The maximum Gasteiger partial charge on any atom is 0.240 e. The van der Waals surface area contributed by atoms with Gasteiger partial charge >= 0.3 is 0 Å². The first-order chi connectivity index (χ1) is 11.5. The monoisotopic (exact) mass is 343 g/mol. The molecule has 6 heteroatoms. The lowest BCUT2D eigenvalue weighted by Crippen LogP contribution is -2.20. The molecule has 0 aromatic heterocycles. The molecule has 0 aliphatic carbocycles. The minimum Gasteiger partial charge on any atom is -0.325 e. The molecule has 0 aliphatic rings. The number of carbonyl (C=O) groups excluding carboxylic acids is 2. The third-order valence-electron chi connectivity index (χ3n) is 3.17. The van der Waals surface area contributed by atoms with Crippen molar-refractivity contribution in [3.63, 3.8) is 0 Å². The molecule has 2 amide bonds. The minimum absolute atomic E-state index is 0.0431. The minimum atomic E-state index is -0.326. The highest BCUT2D eigenvalue weighted by molar-refractivity contribution is 6.33. The van der Waals surface area contributed by atoms with Crippen molar-refractivity contribution in [1.82, 2.24) is 5.43 Å². The number of para-hydroxylation sites is 1. The normalized spacial score (nSPS) is 10.6. The molecular formula is C18H18ClN3O2. The fraction of sp³-hybridized carbons (Fsp3) is 0.167. The Hall–Kier alpha value is -2.66. The number of nitrogens with one attached hydrogen (secondary N) is 2. The van der Waals surface area contributed by atoms with Gasteiger partial charge in [-0.25, -0.2) is 5.43 Å². The molecule has 124 valence electrons. The van der Waals surface area contributed by atoms with Gasteiger partial charge in [-0.2, -0.15) is 5.10 Å². The molecule has 2 aromatic rings. The lowest BCUT2D eigenvalue weighted by molar-refractivity contribution is -0.124. The van der Waals surface area contributed by atoms with E-state index in [1.54, 1.807) is 30.5 Å². The topological polar surface area (TPSA) is 70.6 Å². The van der Waals surface area contributed by atoms with Gasteiger partial charge in [0.1, 0.15) is 0 Å². The molecule has 0 saturated heterocycles. The second-order valence-corrected chi connectivity index (χ2v) is 5.64. The van der Waals surface area contributed by atoms with Crippen molar-refractivity contribution in [2.24, 2.45) is 5.10 Å². The molecule has 0 spiro atoms. The van der Waals surface area contributed by atoms with E-state index in [1.807, 2.05) is 31.2 Å². The van der Waals surface area contributed by atoms with Gasteiger partial charge in [-0.05, 0) is 24.6 Å². The number of hydrogen-bond acceptors (Lipinski definition) is 3. The van der Waals surface area contributed by atoms with Gasteiger partial charge < -0.3 is 5.32 Å². The fourth-order valence-electron chi connectivity index (χ4n) is 1.99. The Morgan fingerprint density at radius 3 is 2.58 bits per heavy atom. The molecule has 2 aromatic carbocycles. The zero-order valence-corrected chi connectivity index (χ0v) is 14.0. The van der Waals surface area contributed by atoms with Crippen molar-refractivity contribution >= 4 is 35.3 Å². The SMILES string of the molecule is Cc1cccc(/C=N/NC(=O)CCC(=O)Nc2ccccc2Cl)c1. The highest BCUT2D eigenvalue weighted by Gasteiger charge is 2.08. The van der Waals surface area contributed by atoms with Crippen molar-refractivity contribution < 1.29 is 9.59 Å². The van der Waals surface area contributed by atoms with Crippen molar-refractivity contribution in [3.8, 4) is 0 Å². The van der Waals surface area contributed by atoms with E-state index >= 15 is 0 Å². The van der Waals surface area contributed by atoms with Gasteiger partial charge in [0.2, 0.25) is 11.8 Å². The second kappa shape index (κ2) is 8.84. The number of hydrogen-bond donors (Lipinski definition) is 2. The Kier molecular flexibility index (Phi) is 6.51. The van der Waals surface area contributed by atoms with Gasteiger partial charge in [-0.3, -0.25) is 9.59 Å². The summed E-state index contributed by atoms with van der Waals surface area (Å²) < 4.78 is 0. The lowest BCUT2D eigenvalue weighted by Gasteiger charge is -2.06. The van der Waals surface area contributed by atoms with Gasteiger partial charge in [0.05, 0.1) is 16.9 Å². The van der Waals surface area contributed by atoms with E-state index in [2.05, 4.69) is 15.8 Å². The van der Waals surface area contributed by atoms with Crippen molar-refractivity contribution in [1.29, 1.82) is 0 Å². The van der Waals surface area contributed by atoms with Crippen LogP contribution in [0.3, 0.4) is 0 Å². The van der Waals surface area contributed by atoms with E-state index in [9.17, 15) is 9.59 Å². The number of amides is 2. The third kappa shape index (κ3) is 5.85. The van der Waals surface area contributed by atoms with Crippen LogP contribution in [-0.4, -0.2) is 18.0 Å². The number of halogens is 1. The van der Waals surface area contributed by atoms with E-state index in [0.29, 0.717) is 10.7 Å². The average Bonchev–Trinajstić information content (AvgIpc) is 2.55. The molecule has 2 rings (SSSR count). The Balaban J connectivity index is 1.75.